The van der Waals surface area contributed by atoms with Gasteiger partial charge in [0.15, 0.2) is 0 Å². The van der Waals surface area contributed by atoms with E-state index in [1.54, 1.807) is 62.4 Å². The number of nitrogens with one attached hydrogen (secondary N) is 6. The molecule has 0 fully saturated rings. The normalized spacial score (nSPS) is 17.7. The highest BCUT2D eigenvalue weighted by Crippen LogP contribution is 2.25. The van der Waals surface area contributed by atoms with Gasteiger partial charge in [0.2, 0.25) is 0 Å². The van der Waals surface area contributed by atoms with Crippen molar-refractivity contribution in [1.82, 2.24) is 30.6 Å². The number of benzene rings is 2. The third kappa shape index (κ3) is 6.24. The Morgan fingerprint density at radius 3 is 1.34 bits per heavy atom. The molecule has 3 heterocycles. The quantitative estimate of drug-likeness (QED) is 0.193. The maximum atomic E-state index is 13.4. The zero-order valence-corrected chi connectivity index (χ0v) is 25.5. The largest absolute Gasteiger partial charge is 0.344 e. The van der Waals surface area contributed by atoms with E-state index in [4.69, 9.17) is 0 Å². The lowest BCUT2D eigenvalue weighted by Gasteiger charge is -2.21. The van der Waals surface area contributed by atoms with Crippen molar-refractivity contribution in [3.63, 3.8) is 0 Å². The van der Waals surface area contributed by atoms with E-state index >= 15 is 0 Å². The van der Waals surface area contributed by atoms with E-state index in [9.17, 15) is 19.2 Å². The lowest BCUT2D eigenvalue weighted by molar-refractivity contribution is 0.0915. The molecule has 0 spiro atoms. The predicted molar refractivity (Wildman–Crippen MR) is 166 cm³/mol. The average Bonchev–Trinajstić information content (AvgIpc) is 3.56. The van der Waals surface area contributed by atoms with Crippen LogP contribution in [0.15, 0.2) is 48.5 Å². The Morgan fingerprint density at radius 2 is 0.977 bits per heavy atom. The third-order valence-electron chi connectivity index (χ3n) is 7.50. The number of nitrogens with zero attached hydrogens (tertiary/aromatic N) is 2. The van der Waals surface area contributed by atoms with Gasteiger partial charge in [-0.1, -0.05) is 39.8 Å². The Labute approximate surface area is 254 Å². The van der Waals surface area contributed by atoms with Crippen LogP contribution in [0.2, 0.25) is 0 Å². The fraction of sp³-hybridized carbons (Fsp3) is 0.312. The molecule has 0 radical (unpaired) electrons. The Morgan fingerprint density at radius 1 is 0.591 bits per heavy atom. The molecule has 8 bridgehead atoms. The highest BCUT2D eigenvalue weighted by molar-refractivity contribution is 6.05. The van der Waals surface area contributed by atoms with Gasteiger partial charge in [0, 0.05) is 33.9 Å². The van der Waals surface area contributed by atoms with Crippen molar-refractivity contribution in [1.29, 1.82) is 0 Å². The van der Waals surface area contributed by atoms with Crippen LogP contribution < -0.4 is 21.3 Å². The first-order valence-corrected chi connectivity index (χ1v) is 14.5. The second-order valence-electron chi connectivity index (χ2n) is 11.7. The minimum absolute atomic E-state index is 0.0736. The van der Waals surface area contributed by atoms with Crippen molar-refractivity contribution in [2.24, 2.45) is 11.8 Å². The van der Waals surface area contributed by atoms with Crippen LogP contribution in [0.1, 0.15) is 105 Å². The molecule has 1 aliphatic rings. The number of fused-ring (bicyclic) bond motifs is 8. The number of aryl methyl sites for hydroxylation is 2. The van der Waals surface area contributed by atoms with Crippen molar-refractivity contribution < 1.29 is 19.2 Å². The summed E-state index contributed by atoms with van der Waals surface area (Å²) in [4.78, 5) is 68.7. The number of carbonyl (C=O) groups is 4. The Bertz CT molecular complexity index is 1620. The monoisotopic (exact) mass is 596 g/mol. The fourth-order valence-corrected chi connectivity index (χ4v) is 5.11. The van der Waals surface area contributed by atoms with Gasteiger partial charge in [0.25, 0.3) is 23.6 Å². The number of imidazole rings is 2. The molecular formula is C32H36N8O4. The lowest BCUT2D eigenvalue weighted by atomic mass is 10.0. The van der Waals surface area contributed by atoms with E-state index in [-0.39, 0.29) is 35.0 Å². The summed E-state index contributed by atoms with van der Waals surface area (Å²) in [6.45, 7) is 11.2. The van der Waals surface area contributed by atoms with Crippen LogP contribution in [0.4, 0.5) is 11.4 Å². The molecule has 44 heavy (non-hydrogen) atoms. The van der Waals surface area contributed by atoms with Crippen LogP contribution in [0.3, 0.4) is 0 Å². The zero-order valence-electron chi connectivity index (χ0n) is 25.5. The van der Waals surface area contributed by atoms with Crippen LogP contribution in [0.25, 0.3) is 0 Å². The number of aromatic amines is 2. The summed E-state index contributed by atoms with van der Waals surface area (Å²) in [5.74, 6) is -0.937. The van der Waals surface area contributed by atoms with Crippen LogP contribution in [0, 0.1) is 25.7 Å². The van der Waals surface area contributed by atoms with Crippen LogP contribution in [-0.2, 0) is 0 Å². The van der Waals surface area contributed by atoms with Gasteiger partial charge in [-0.15, -0.1) is 0 Å². The van der Waals surface area contributed by atoms with Crippen molar-refractivity contribution in [2.75, 3.05) is 10.6 Å². The molecular weight excluding hydrogens is 560 g/mol. The van der Waals surface area contributed by atoms with Crippen molar-refractivity contribution >= 4 is 35.0 Å². The average molecular weight is 597 g/mol. The molecule has 12 heteroatoms. The van der Waals surface area contributed by atoms with Gasteiger partial charge < -0.3 is 31.2 Å². The molecule has 4 amide bonds. The van der Waals surface area contributed by atoms with Crippen LogP contribution in [-0.4, -0.2) is 43.6 Å². The molecule has 0 aliphatic carbocycles. The summed E-state index contributed by atoms with van der Waals surface area (Å²) >= 11 is 0. The van der Waals surface area contributed by atoms with E-state index in [1.165, 1.54) is 0 Å². The van der Waals surface area contributed by atoms with Gasteiger partial charge in [-0.05, 0) is 62.1 Å². The number of hydrogen-bond donors (Lipinski definition) is 6. The summed E-state index contributed by atoms with van der Waals surface area (Å²) < 4.78 is 0. The van der Waals surface area contributed by atoms with Gasteiger partial charge in [0.05, 0.1) is 12.1 Å². The SMILES string of the molecule is Cc1[nH]c2nc1C(=O)Nc1cccc(c1)C(=O)N[C@@H](C(C)C)c1nc(c(C)[nH]1)C(=O)Nc1cccc(c1)C(=O)N[C@H]2C(C)C. The first-order valence-electron chi connectivity index (χ1n) is 14.5. The van der Waals surface area contributed by atoms with Crippen molar-refractivity contribution in [3.8, 4) is 0 Å². The highest BCUT2D eigenvalue weighted by atomic mass is 16.2. The number of hydrogen-bond acceptors (Lipinski definition) is 6. The highest BCUT2D eigenvalue weighted by Gasteiger charge is 2.27. The smallest absolute Gasteiger partial charge is 0.276 e. The molecule has 12 nitrogen and oxygen atoms in total. The maximum absolute atomic E-state index is 13.4. The Kier molecular flexibility index (Phi) is 8.34. The minimum Gasteiger partial charge on any atom is -0.344 e. The van der Waals surface area contributed by atoms with E-state index < -0.39 is 23.9 Å². The fourth-order valence-electron chi connectivity index (χ4n) is 5.11. The summed E-state index contributed by atoms with van der Waals surface area (Å²) in [6.07, 6.45) is 0. The molecule has 0 saturated heterocycles. The van der Waals surface area contributed by atoms with Gasteiger partial charge in [0.1, 0.15) is 23.0 Å². The maximum Gasteiger partial charge on any atom is 0.276 e. The zero-order chi connectivity index (χ0) is 31.7. The number of carbonyl (C=O) groups excluding carboxylic acids is 4. The second-order valence-corrected chi connectivity index (χ2v) is 11.7. The third-order valence-corrected chi connectivity index (χ3v) is 7.50. The standard InChI is InChI=1S/C32H36N8O4/c1-15(2)23-27-33-17(5)25(37-27)31(43)35-22-12-8-10-20(14-22)30(42)40-24(16(3)4)28-34-18(6)26(38-28)32(44)36-21-11-7-9-19(13-21)29(41)39-23/h7-16,23-24H,1-6H3,(H,33,37)(H,34,38)(H,35,43)(H,36,44)(H,39,41)(H,40,42)/t23-,24-/m0/s1. The van der Waals surface area contributed by atoms with Crippen molar-refractivity contribution in [3.05, 3.63) is 94.1 Å². The van der Waals surface area contributed by atoms with E-state index in [1.807, 2.05) is 27.7 Å². The number of amides is 4. The second kappa shape index (κ2) is 12.2. The number of aromatic nitrogens is 4. The molecule has 228 valence electrons. The number of rotatable bonds is 2. The number of H-pyrrole nitrogens is 2. The Balaban J connectivity index is 1.57. The first kappa shape index (κ1) is 30.2. The van der Waals surface area contributed by atoms with Gasteiger partial charge in [-0.2, -0.15) is 0 Å². The lowest BCUT2D eigenvalue weighted by Crippen LogP contribution is -2.33. The van der Waals surface area contributed by atoms with Gasteiger partial charge in [-0.3, -0.25) is 19.2 Å². The van der Waals surface area contributed by atoms with Gasteiger partial charge in [-0.25, -0.2) is 9.97 Å². The van der Waals surface area contributed by atoms with E-state index in [0.29, 0.717) is 45.5 Å². The van der Waals surface area contributed by atoms with Crippen molar-refractivity contribution in [2.45, 2.75) is 53.6 Å². The molecule has 2 atom stereocenters. The van der Waals surface area contributed by atoms with E-state index in [2.05, 4.69) is 41.2 Å². The summed E-state index contributed by atoms with van der Waals surface area (Å²) in [5, 5.41) is 11.7. The topological polar surface area (TPSA) is 174 Å². The minimum atomic E-state index is -0.537. The Hall–Kier alpha value is -5.26. The van der Waals surface area contributed by atoms with E-state index in [0.717, 1.165) is 0 Å². The summed E-state index contributed by atoms with van der Waals surface area (Å²) in [6, 6.07) is 12.1. The number of anilines is 2. The van der Waals surface area contributed by atoms with Crippen LogP contribution in [0.5, 0.6) is 0 Å². The predicted octanol–water partition coefficient (Wildman–Crippen LogP) is 4.82. The van der Waals surface area contributed by atoms with Crippen LogP contribution >= 0.6 is 0 Å². The molecule has 2 aromatic heterocycles. The molecule has 0 unspecified atom stereocenters. The summed E-state index contributed by atoms with van der Waals surface area (Å²) in [5.41, 5.74) is 2.89. The molecule has 5 rings (SSSR count). The first-order chi connectivity index (χ1) is 20.9. The van der Waals surface area contributed by atoms with Gasteiger partial charge >= 0.3 is 0 Å². The summed E-state index contributed by atoms with van der Waals surface area (Å²) in [7, 11) is 0. The molecule has 6 N–H and O–H groups in total. The molecule has 4 aromatic rings. The molecule has 0 saturated carbocycles. The molecule has 2 aromatic carbocycles. The molecule has 1 aliphatic heterocycles.